The van der Waals surface area contributed by atoms with Gasteiger partial charge in [-0.05, 0) is 70.0 Å². The van der Waals surface area contributed by atoms with Crippen LogP contribution in [0.1, 0.15) is 26.3 Å². The van der Waals surface area contributed by atoms with Crippen molar-refractivity contribution in [2.45, 2.75) is 0 Å². The highest BCUT2D eigenvalue weighted by atomic mass is 79.9. The number of carbonyl (C=O) groups excluding carboxylic acids is 2. The van der Waals surface area contributed by atoms with E-state index in [9.17, 15) is 9.59 Å². The summed E-state index contributed by atoms with van der Waals surface area (Å²) in [6, 6.07) is 19.0. The van der Waals surface area contributed by atoms with Gasteiger partial charge < -0.3 is 14.2 Å². The summed E-state index contributed by atoms with van der Waals surface area (Å²) in [4.78, 5) is 25.0. The van der Waals surface area contributed by atoms with Crippen molar-refractivity contribution in [3.8, 4) is 17.2 Å². The molecule has 0 radical (unpaired) electrons. The van der Waals surface area contributed by atoms with Crippen molar-refractivity contribution >= 4 is 33.8 Å². The van der Waals surface area contributed by atoms with Crippen LogP contribution in [0.5, 0.6) is 17.2 Å². The summed E-state index contributed by atoms with van der Waals surface area (Å²) in [5.41, 5.74) is 1.53. The molecule has 0 saturated heterocycles. The van der Waals surface area contributed by atoms with Crippen molar-refractivity contribution in [2.24, 2.45) is 0 Å². The molecule has 0 aliphatic rings. The maximum absolute atomic E-state index is 12.6. The molecule has 0 aromatic heterocycles. The Labute approximate surface area is 183 Å². The van der Waals surface area contributed by atoms with E-state index in [0.29, 0.717) is 38.4 Å². The lowest BCUT2D eigenvalue weighted by Crippen LogP contribution is -2.09. The summed E-state index contributed by atoms with van der Waals surface area (Å²) in [5.74, 6) is 0.696. The molecule has 5 nitrogen and oxygen atoms in total. The molecule has 0 aliphatic heterocycles. The summed E-state index contributed by atoms with van der Waals surface area (Å²) >= 11 is 3.34. The topological polar surface area (TPSA) is 61.8 Å². The predicted octanol–water partition coefficient (Wildman–Crippen LogP) is 5.58. The van der Waals surface area contributed by atoms with Crippen LogP contribution in [0.3, 0.4) is 0 Å². The van der Waals surface area contributed by atoms with E-state index >= 15 is 0 Å². The molecule has 30 heavy (non-hydrogen) atoms. The minimum absolute atomic E-state index is 0.235. The van der Waals surface area contributed by atoms with Crippen LogP contribution in [-0.2, 0) is 0 Å². The first-order chi connectivity index (χ1) is 14.5. The summed E-state index contributed by atoms with van der Waals surface area (Å²) in [6.07, 6.45) is 3.09. The second kappa shape index (κ2) is 9.89. The normalized spacial score (nSPS) is 10.6. The van der Waals surface area contributed by atoms with Gasteiger partial charge in [0.1, 0.15) is 17.2 Å². The Bertz CT molecular complexity index is 1100. The average Bonchev–Trinajstić information content (AvgIpc) is 2.77. The number of hydrogen-bond donors (Lipinski definition) is 0. The van der Waals surface area contributed by atoms with Gasteiger partial charge in [0.05, 0.1) is 25.3 Å². The Morgan fingerprint density at radius 1 is 0.833 bits per heavy atom. The number of benzene rings is 3. The first-order valence-corrected chi connectivity index (χ1v) is 9.82. The zero-order chi connectivity index (χ0) is 21.5. The number of esters is 1. The molecule has 0 bridgehead atoms. The largest absolute Gasteiger partial charge is 0.497 e. The molecule has 6 heteroatoms. The number of halogens is 1. The van der Waals surface area contributed by atoms with Crippen LogP contribution in [-0.4, -0.2) is 26.0 Å². The fraction of sp³-hybridized carbons (Fsp3) is 0.0833. The van der Waals surface area contributed by atoms with Gasteiger partial charge in [-0.15, -0.1) is 0 Å². The molecule has 0 unspecified atom stereocenters. The third-order valence-electron chi connectivity index (χ3n) is 4.26. The smallest absolute Gasteiger partial charge is 0.344 e. The number of allylic oxidation sites excluding steroid dienone is 1. The maximum Gasteiger partial charge on any atom is 0.344 e. The number of ether oxygens (including phenoxy) is 3. The van der Waals surface area contributed by atoms with Crippen LogP contribution in [0.25, 0.3) is 6.08 Å². The molecule has 0 heterocycles. The SMILES string of the molecule is COc1ccc(OC)c(C(=O)C=Cc2cccc(OC(=O)c3ccccc3Br)c2)c1. The van der Waals surface area contributed by atoms with Gasteiger partial charge >= 0.3 is 5.97 Å². The lowest BCUT2D eigenvalue weighted by atomic mass is 10.1. The predicted molar refractivity (Wildman–Crippen MR) is 118 cm³/mol. The first kappa shape index (κ1) is 21.3. The van der Waals surface area contributed by atoms with Crippen molar-refractivity contribution in [3.05, 3.63) is 94.0 Å². The average molecular weight is 467 g/mol. The Morgan fingerprint density at radius 3 is 2.37 bits per heavy atom. The molecular weight excluding hydrogens is 448 g/mol. The van der Waals surface area contributed by atoms with Gasteiger partial charge in [0, 0.05) is 4.47 Å². The lowest BCUT2D eigenvalue weighted by Gasteiger charge is -2.08. The molecule has 152 valence electrons. The third kappa shape index (κ3) is 5.15. The van der Waals surface area contributed by atoms with E-state index in [1.165, 1.54) is 20.3 Å². The van der Waals surface area contributed by atoms with Crippen LogP contribution in [0.15, 0.2) is 77.3 Å². The van der Waals surface area contributed by atoms with Crippen molar-refractivity contribution in [2.75, 3.05) is 14.2 Å². The number of ketones is 1. The lowest BCUT2D eigenvalue weighted by molar-refractivity contribution is 0.0733. The zero-order valence-corrected chi connectivity index (χ0v) is 18.0. The van der Waals surface area contributed by atoms with Crippen molar-refractivity contribution in [3.63, 3.8) is 0 Å². The summed E-state index contributed by atoms with van der Waals surface area (Å²) < 4.78 is 16.6. The highest BCUT2D eigenvalue weighted by Gasteiger charge is 2.13. The van der Waals surface area contributed by atoms with E-state index in [1.807, 2.05) is 12.1 Å². The highest BCUT2D eigenvalue weighted by molar-refractivity contribution is 9.10. The van der Waals surface area contributed by atoms with E-state index in [2.05, 4.69) is 15.9 Å². The van der Waals surface area contributed by atoms with Crippen molar-refractivity contribution in [1.29, 1.82) is 0 Å². The number of methoxy groups -OCH3 is 2. The van der Waals surface area contributed by atoms with E-state index < -0.39 is 5.97 Å². The van der Waals surface area contributed by atoms with Gasteiger partial charge in [0.15, 0.2) is 5.78 Å². The fourth-order valence-electron chi connectivity index (χ4n) is 2.74. The maximum atomic E-state index is 12.6. The molecule has 0 amide bonds. The minimum Gasteiger partial charge on any atom is -0.497 e. The molecule has 3 aromatic rings. The van der Waals surface area contributed by atoms with Gasteiger partial charge in [-0.3, -0.25) is 4.79 Å². The van der Waals surface area contributed by atoms with Crippen LogP contribution in [0.4, 0.5) is 0 Å². The van der Waals surface area contributed by atoms with Crippen LogP contribution in [0, 0.1) is 0 Å². The Balaban J connectivity index is 1.77. The number of rotatable bonds is 7. The van der Waals surface area contributed by atoms with E-state index in [-0.39, 0.29) is 5.78 Å². The molecule has 3 rings (SSSR count). The van der Waals surface area contributed by atoms with Gasteiger partial charge in [-0.1, -0.05) is 30.3 Å². The third-order valence-corrected chi connectivity index (χ3v) is 4.95. The Kier molecular flexibility index (Phi) is 7.03. The molecule has 0 atom stereocenters. The molecule has 3 aromatic carbocycles. The Morgan fingerprint density at radius 2 is 1.63 bits per heavy atom. The van der Waals surface area contributed by atoms with E-state index in [1.54, 1.807) is 60.7 Å². The first-order valence-electron chi connectivity index (χ1n) is 9.03. The van der Waals surface area contributed by atoms with Crippen molar-refractivity contribution in [1.82, 2.24) is 0 Å². The number of hydrogen-bond acceptors (Lipinski definition) is 5. The monoisotopic (exact) mass is 466 g/mol. The van der Waals surface area contributed by atoms with Crippen LogP contribution >= 0.6 is 15.9 Å². The molecule has 0 spiro atoms. The molecular formula is C24H19BrO5. The second-order valence-electron chi connectivity index (χ2n) is 6.21. The molecule has 0 fully saturated rings. The quantitative estimate of drug-likeness (QED) is 0.197. The van der Waals surface area contributed by atoms with Crippen LogP contribution in [0.2, 0.25) is 0 Å². The summed E-state index contributed by atoms with van der Waals surface area (Å²) in [6.45, 7) is 0. The van der Waals surface area contributed by atoms with Crippen LogP contribution < -0.4 is 14.2 Å². The van der Waals surface area contributed by atoms with E-state index in [4.69, 9.17) is 14.2 Å². The zero-order valence-electron chi connectivity index (χ0n) is 16.4. The fourth-order valence-corrected chi connectivity index (χ4v) is 3.19. The summed E-state index contributed by atoms with van der Waals surface area (Å²) in [7, 11) is 3.04. The molecule has 0 N–H and O–H groups in total. The van der Waals surface area contributed by atoms with Gasteiger partial charge in [-0.25, -0.2) is 4.79 Å². The molecule has 0 aliphatic carbocycles. The van der Waals surface area contributed by atoms with Gasteiger partial charge in [0.25, 0.3) is 0 Å². The highest BCUT2D eigenvalue weighted by Crippen LogP contribution is 2.25. The van der Waals surface area contributed by atoms with Crippen molar-refractivity contribution < 1.29 is 23.8 Å². The standard InChI is InChI=1S/C24H19BrO5/c1-28-17-11-13-23(29-2)20(15-17)22(26)12-10-16-6-5-7-18(14-16)30-24(27)19-8-3-4-9-21(19)25/h3-15H,1-2H3. The summed E-state index contributed by atoms with van der Waals surface area (Å²) in [5, 5.41) is 0. The van der Waals surface area contributed by atoms with Gasteiger partial charge in [-0.2, -0.15) is 0 Å². The molecule has 0 saturated carbocycles. The van der Waals surface area contributed by atoms with Gasteiger partial charge in [0.2, 0.25) is 0 Å². The second-order valence-corrected chi connectivity index (χ2v) is 7.06. The Hall–Kier alpha value is -3.38. The van der Waals surface area contributed by atoms with E-state index in [0.717, 1.165) is 0 Å². The minimum atomic E-state index is -0.471. The number of carbonyl (C=O) groups is 2.